The zero-order valence-electron chi connectivity index (χ0n) is 14.6. The van der Waals surface area contributed by atoms with Crippen molar-refractivity contribution in [2.75, 3.05) is 32.1 Å². The molecule has 0 aliphatic rings. The summed E-state index contributed by atoms with van der Waals surface area (Å²) >= 11 is 0. The van der Waals surface area contributed by atoms with E-state index in [9.17, 15) is 9.59 Å². The van der Waals surface area contributed by atoms with Gasteiger partial charge in [0.1, 0.15) is 6.54 Å². The molecule has 0 radical (unpaired) electrons. The Hall–Kier alpha value is -2.96. The fraction of sp³-hybridized carbons (Fsp3) is 0.333. The molecular formula is C18H22N4O3. The summed E-state index contributed by atoms with van der Waals surface area (Å²) in [6.07, 6.45) is 3.18. The SMILES string of the molecule is C[C@@H](c1ccccc1)N(C)C(=O)COC(=O)CN(C)c1ncccn1. The van der Waals surface area contributed by atoms with E-state index in [1.54, 1.807) is 42.4 Å². The number of carbonyl (C=O) groups is 2. The number of rotatable bonds is 7. The number of anilines is 1. The van der Waals surface area contributed by atoms with Gasteiger partial charge >= 0.3 is 5.97 Å². The minimum atomic E-state index is -0.510. The van der Waals surface area contributed by atoms with Gasteiger partial charge in [0, 0.05) is 26.5 Å². The van der Waals surface area contributed by atoms with Crippen molar-refractivity contribution in [3.63, 3.8) is 0 Å². The van der Waals surface area contributed by atoms with E-state index in [2.05, 4.69) is 9.97 Å². The molecule has 0 fully saturated rings. The summed E-state index contributed by atoms with van der Waals surface area (Å²) in [7, 11) is 3.37. The second kappa shape index (κ2) is 8.77. The van der Waals surface area contributed by atoms with E-state index >= 15 is 0 Å². The number of carbonyl (C=O) groups excluding carboxylic acids is 2. The number of hydrogen-bond acceptors (Lipinski definition) is 6. The van der Waals surface area contributed by atoms with Crippen molar-refractivity contribution in [2.45, 2.75) is 13.0 Å². The van der Waals surface area contributed by atoms with Gasteiger partial charge in [0.05, 0.1) is 6.04 Å². The number of hydrogen-bond donors (Lipinski definition) is 0. The Morgan fingerprint density at radius 3 is 2.36 bits per heavy atom. The first-order valence-corrected chi connectivity index (χ1v) is 7.93. The molecule has 1 atom stereocenters. The Labute approximate surface area is 147 Å². The Bertz CT molecular complexity index is 694. The van der Waals surface area contributed by atoms with Crippen LogP contribution in [0.4, 0.5) is 5.95 Å². The van der Waals surface area contributed by atoms with Gasteiger partial charge < -0.3 is 14.5 Å². The van der Waals surface area contributed by atoms with Crippen LogP contribution in [0.15, 0.2) is 48.8 Å². The first-order valence-electron chi connectivity index (χ1n) is 7.93. The number of ether oxygens (including phenoxy) is 1. The van der Waals surface area contributed by atoms with Crippen LogP contribution in [0.2, 0.25) is 0 Å². The summed E-state index contributed by atoms with van der Waals surface area (Å²) < 4.78 is 5.08. The molecule has 0 spiro atoms. The fourth-order valence-corrected chi connectivity index (χ4v) is 2.21. The molecule has 0 unspecified atom stereocenters. The van der Waals surface area contributed by atoms with Gasteiger partial charge in [-0.15, -0.1) is 0 Å². The standard InChI is InChI=1S/C18H22N4O3/c1-14(15-8-5-4-6-9-15)22(3)16(23)13-25-17(24)12-21(2)18-19-10-7-11-20-18/h4-11,14H,12-13H2,1-3H3/t14-/m0/s1. The molecule has 7 nitrogen and oxygen atoms in total. The normalized spacial score (nSPS) is 11.5. The third-order valence-corrected chi connectivity index (χ3v) is 3.87. The van der Waals surface area contributed by atoms with Crippen molar-refractivity contribution in [3.05, 3.63) is 54.4 Å². The molecule has 0 aliphatic heterocycles. The summed E-state index contributed by atoms with van der Waals surface area (Å²) in [6.45, 7) is 1.60. The zero-order chi connectivity index (χ0) is 18.2. The predicted octanol–water partition coefficient (Wildman–Crippen LogP) is 1.68. The topological polar surface area (TPSA) is 75.6 Å². The van der Waals surface area contributed by atoms with Crippen LogP contribution in [0.1, 0.15) is 18.5 Å². The van der Waals surface area contributed by atoms with Crippen LogP contribution in [0, 0.1) is 0 Å². The second-order valence-electron chi connectivity index (χ2n) is 5.66. The lowest BCUT2D eigenvalue weighted by molar-refractivity contribution is -0.151. The summed E-state index contributed by atoms with van der Waals surface area (Å²) in [4.78, 5) is 35.3. The van der Waals surface area contributed by atoms with Crippen LogP contribution >= 0.6 is 0 Å². The molecular weight excluding hydrogens is 320 g/mol. The number of amides is 1. The number of aromatic nitrogens is 2. The van der Waals surface area contributed by atoms with Crippen molar-refractivity contribution in [2.24, 2.45) is 0 Å². The molecule has 2 aromatic rings. The molecule has 1 amide bonds. The molecule has 0 N–H and O–H groups in total. The lowest BCUT2D eigenvalue weighted by Gasteiger charge is -2.25. The highest BCUT2D eigenvalue weighted by molar-refractivity contribution is 5.82. The fourth-order valence-electron chi connectivity index (χ4n) is 2.21. The molecule has 1 heterocycles. The molecule has 7 heteroatoms. The van der Waals surface area contributed by atoms with E-state index in [0.717, 1.165) is 5.56 Å². The van der Waals surface area contributed by atoms with Crippen LogP contribution in [0.5, 0.6) is 0 Å². The lowest BCUT2D eigenvalue weighted by atomic mass is 10.1. The average molecular weight is 342 g/mol. The minimum absolute atomic E-state index is 0.0325. The molecule has 0 saturated heterocycles. The van der Waals surface area contributed by atoms with Gasteiger partial charge in [-0.05, 0) is 18.6 Å². The Morgan fingerprint density at radius 2 is 1.72 bits per heavy atom. The van der Waals surface area contributed by atoms with Crippen LogP contribution < -0.4 is 4.90 Å². The summed E-state index contributed by atoms with van der Waals surface area (Å²) in [6, 6.07) is 11.3. The van der Waals surface area contributed by atoms with Crippen molar-refractivity contribution in [1.29, 1.82) is 0 Å². The third-order valence-electron chi connectivity index (χ3n) is 3.87. The third kappa shape index (κ3) is 5.27. The molecule has 1 aromatic carbocycles. The Kier molecular flexibility index (Phi) is 6.45. The van der Waals surface area contributed by atoms with E-state index in [1.807, 2.05) is 37.3 Å². The van der Waals surface area contributed by atoms with Gasteiger partial charge in [-0.3, -0.25) is 9.59 Å². The molecule has 0 bridgehead atoms. The summed E-state index contributed by atoms with van der Waals surface area (Å²) in [5.74, 6) is -0.354. The second-order valence-corrected chi connectivity index (χ2v) is 5.66. The highest BCUT2D eigenvalue weighted by Crippen LogP contribution is 2.18. The number of nitrogens with zero attached hydrogens (tertiary/aromatic N) is 4. The molecule has 2 rings (SSSR count). The highest BCUT2D eigenvalue weighted by atomic mass is 16.5. The maximum absolute atomic E-state index is 12.2. The van der Waals surface area contributed by atoms with E-state index in [-0.39, 0.29) is 25.1 Å². The van der Waals surface area contributed by atoms with Gasteiger partial charge in [0.15, 0.2) is 6.61 Å². The van der Waals surface area contributed by atoms with E-state index in [0.29, 0.717) is 5.95 Å². The van der Waals surface area contributed by atoms with Crippen LogP contribution in [-0.2, 0) is 14.3 Å². The van der Waals surface area contributed by atoms with Crippen LogP contribution in [-0.4, -0.2) is 54.0 Å². The Morgan fingerprint density at radius 1 is 1.08 bits per heavy atom. The van der Waals surface area contributed by atoms with Gasteiger partial charge in [0.2, 0.25) is 5.95 Å². The number of benzene rings is 1. The van der Waals surface area contributed by atoms with Crippen molar-refractivity contribution in [1.82, 2.24) is 14.9 Å². The van der Waals surface area contributed by atoms with Gasteiger partial charge in [-0.25, -0.2) is 9.97 Å². The minimum Gasteiger partial charge on any atom is -0.454 e. The maximum Gasteiger partial charge on any atom is 0.326 e. The van der Waals surface area contributed by atoms with Gasteiger partial charge in [-0.1, -0.05) is 30.3 Å². The molecule has 0 aliphatic carbocycles. The van der Waals surface area contributed by atoms with Crippen molar-refractivity contribution >= 4 is 17.8 Å². The number of likely N-dealkylation sites (N-methyl/N-ethyl adjacent to an activating group) is 2. The van der Waals surface area contributed by atoms with Crippen LogP contribution in [0.25, 0.3) is 0 Å². The zero-order valence-corrected chi connectivity index (χ0v) is 14.6. The van der Waals surface area contributed by atoms with Crippen molar-refractivity contribution in [3.8, 4) is 0 Å². The van der Waals surface area contributed by atoms with Gasteiger partial charge in [0.25, 0.3) is 5.91 Å². The number of esters is 1. The molecule has 1 aromatic heterocycles. The smallest absolute Gasteiger partial charge is 0.326 e. The van der Waals surface area contributed by atoms with Crippen molar-refractivity contribution < 1.29 is 14.3 Å². The van der Waals surface area contributed by atoms with Gasteiger partial charge in [-0.2, -0.15) is 0 Å². The first kappa shape index (κ1) is 18.4. The predicted molar refractivity (Wildman–Crippen MR) is 93.9 cm³/mol. The average Bonchev–Trinajstić information content (AvgIpc) is 2.66. The summed E-state index contributed by atoms with van der Waals surface area (Å²) in [5.41, 5.74) is 1.02. The van der Waals surface area contributed by atoms with E-state index < -0.39 is 5.97 Å². The summed E-state index contributed by atoms with van der Waals surface area (Å²) in [5, 5.41) is 0. The highest BCUT2D eigenvalue weighted by Gasteiger charge is 2.19. The quantitative estimate of drug-likeness (QED) is 0.713. The van der Waals surface area contributed by atoms with E-state index in [1.165, 1.54) is 0 Å². The molecule has 132 valence electrons. The Balaban J connectivity index is 1.81. The lowest BCUT2D eigenvalue weighted by Crippen LogP contribution is -2.35. The largest absolute Gasteiger partial charge is 0.454 e. The molecule has 25 heavy (non-hydrogen) atoms. The van der Waals surface area contributed by atoms with Crippen LogP contribution in [0.3, 0.4) is 0 Å². The first-order chi connectivity index (χ1) is 12.0. The van der Waals surface area contributed by atoms with E-state index in [4.69, 9.17) is 4.74 Å². The maximum atomic E-state index is 12.2. The monoisotopic (exact) mass is 342 g/mol. The molecule has 0 saturated carbocycles.